The predicted octanol–water partition coefficient (Wildman–Crippen LogP) is 3.95. The molecule has 0 aliphatic heterocycles. The predicted molar refractivity (Wildman–Crippen MR) is 65.1 cm³/mol. The minimum Gasteiger partial charge on any atom is -0.302 e. The highest BCUT2D eigenvalue weighted by Crippen LogP contribution is 2.07. The van der Waals surface area contributed by atoms with E-state index in [2.05, 4.69) is 39.6 Å². The third-order valence-electron chi connectivity index (χ3n) is 2.51. The molecule has 0 aromatic carbocycles. The molecular weight excluding hydrogens is 170 g/mol. The molecule has 0 bridgehead atoms. The molecule has 0 rings (SSSR count). The molecule has 14 heavy (non-hydrogen) atoms. The summed E-state index contributed by atoms with van der Waals surface area (Å²) in [5, 5.41) is 0. The van der Waals surface area contributed by atoms with Crippen molar-refractivity contribution in [1.29, 1.82) is 0 Å². The van der Waals surface area contributed by atoms with E-state index >= 15 is 0 Å². The average Bonchev–Trinajstić information content (AvgIpc) is 2.02. The van der Waals surface area contributed by atoms with Crippen molar-refractivity contribution in [2.45, 2.75) is 53.4 Å². The Kier molecular flexibility index (Phi) is 8.26. The zero-order valence-electron chi connectivity index (χ0n) is 10.6. The third kappa shape index (κ3) is 10.0. The Balaban J connectivity index is 3.23. The van der Waals surface area contributed by atoms with Crippen molar-refractivity contribution in [2.75, 3.05) is 13.1 Å². The fourth-order valence-corrected chi connectivity index (χ4v) is 1.56. The molecule has 0 heterocycles. The lowest BCUT2D eigenvalue weighted by molar-refractivity contribution is 0.332. The van der Waals surface area contributed by atoms with Crippen LogP contribution in [0.2, 0.25) is 0 Å². The van der Waals surface area contributed by atoms with E-state index in [1.807, 2.05) is 0 Å². The number of nitrogens with zero attached hydrogens (tertiary/aromatic N) is 1. The zero-order valence-corrected chi connectivity index (χ0v) is 10.6. The Morgan fingerprint density at radius 1 is 0.857 bits per heavy atom. The van der Waals surface area contributed by atoms with Gasteiger partial charge in [-0.25, -0.2) is 0 Å². The van der Waals surface area contributed by atoms with Crippen LogP contribution in [0.3, 0.4) is 0 Å². The van der Waals surface area contributed by atoms with Crippen molar-refractivity contribution >= 4 is 0 Å². The summed E-state index contributed by atoms with van der Waals surface area (Å²) in [5.41, 5.74) is 0. The summed E-state index contributed by atoms with van der Waals surface area (Å²) in [6, 6.07) is 0. The summed E-state index contributed by atoms with van der Waals surface area (Å²) < 4.78 is 0. The Labute approximate surface area is 90.9 Å². The van der Waals surface area contributed by atoms with Gasteiger partial charge < -0.3 is 4.90 Å². The van der Waals surface area contributed by atoms with Crippen LogP contribution in [-0.4, -0.2) is 18.0 Å². The van der Waals surface area contributed by atoms with Crippen molar-refractivity contribution in [3.63, 3.8) is 0 Å². The minimum atomic E-state index is 0.832. The van der Waals surface area contributed by atoms with E-state index in [0.717, 1.165) is 24.9 Å². The largest absolute Gasteiger partial charge is 0.302 e. The Bertz CT molecular complexity index is 104. The highest BCUT2D eigenvalue weighted by atomic mass is 15.1. The van der Waals surface area contributed by atoms with Crippen molar-refractivity contribution in [1.82, 2.24) is 4.90 Å². The molecule has 0 spiro atoms. The molecule has 1 heteroatoms. The minimum absolute atomic E-state index is 0.832. The molecule has 85 valence electrons. The topological polar surface area (TPSA) is 3.24 Å². The van der Waals surface area contributed by atoms with Crippen molar-refractivity contribution in [2.24, 2.45) is 11.8 Å². The van der Waals surface area contributed by atoms with Gasteiger partial charge in [0, 0.05) is 7.05 Å². The van der Waals surface area contributed by atoms with Crippen LogP contribution in [-0.2, 0) is 0 Å². The summed E-state index contributed by atoms with van der Waals surface area (Å²) >= 11 is 0. The lowest BCUT2D eigenvalue weighted by Crippen LogP contribution is -2.19. The van der Waals surface area contributed by atoms with Crippen molar-refractivity contribution < 1.29 is 0 Å². The van der Waals surface area contributed by atoms with Gasteiger partial charge in [0.1, 0.15) is 0 Å². The van der Waals surface area contributed by atoms with Crippen molar-refractivity contribution in [3.8, 4) is 0 Å². The van der Waals surface area contributed by atoms with E-state index in [4.69, 9.17) is 0 Å². The maximum atomic E-state index is 4.07. The molecule has 0 N–H and O–H groups in total. The average molecular weight is 198 g/mol. The van der Waals surface area contributed by atoms with Crippen molar-refractivity contribution in [3.05, 3.63) is 7.05 Å². The molecule has 0 amide bonds. The zero-order chi connectivity index (χ0) is 11.0. The van der Waals surface area contributed by atoms with Gasteiger partial charge in [0.15, 0.2) is 0 Å². The molecule has 1 radical (unpaired) electrons. The summed E-state index contributed by atoms with van der Waals surface area (Å²) in [5.74, 6) is 1.66. The van der Waals surface area contributed by atoms with Crippen LogP contribution >= 0.6 is 0 Å². The quantitative estimate of drug-likeness (QED) is 0.571. The molecule has 0 saturated heterocycles. The highest BCUT2D eigenvalue weighted by molar-refractivity contribution is 4.58. The first-order chi connectivity index (χ1) is 6.52. The summed E-state index contributed by atoms with van der Waals surface area (Å²) in [4.78, 5) is 2.23. The maximum Gasteiger partial charge on any atom is 0.0109 e. The van der Waals surface area contributed by atoms with Gasteiger partial charge in [-0.2, -0.15) is 0 Å². The van der Waals surface area contributed by atoms with E-state index < -0.39 is 0 Å². The van der Waals surface area contributed by atoms with Crippen LogP contribution < -0.4 is 0 Å². The maximum absolute atomic E-state index is 4.07. The molecule has 0 unspecified atom stereocenters. The van der Waals surface area contributed by atoms with E-state index in [9.17, 15) is 0 Å². The van der Waals surface area contributed by atoms with Gasteiger partial charge in [-0.3, -0.25) is 0 Å². The van der Waals surface area contributed by atoms with E-state index in [1.165, 1.54) is 25.7 Å². The lowest BCUT2D eigenvalue weighted by atomic mass is 10.1. The molecule has 0 atom stereocenters. The van der Waals surface area contributed by atoms with Gasteiger partial charge in [0.2, 0.25) is 0 Å². The van der Waals surface area contributed by atoms with E-state index in [-0.39, 0.29) is 0 Å². The van der Waals surface area contributed by atoms with E-state index in [0.29, 0.717) is 0 Å². The molecule has 0 aromatic heterocycles. The smallest absolute Gasteiger partial charge is 0.0109 e. The van der Waals surface area contributed by atoms with Crippen LogP contribution in [0.4, 0.5) is 0 Å². The monoisotopic (exact) mass is 198 g/mol. The first kappa shape index (κ1) is 14.0. The van der Waals surface area contributed by atoms with Gasteiger partial charge in [0.25, 0.3) is 0 Å². The van der Waals surface area contributed by atoms with Crippen LogP contribution in [0.1, 0.15) is 53.4 Å². The Morgan fingerprint density at radius 3 is 1.50 bits per heavy atom. The molecular formula is C13H28N. The van der Waals surface area contributed by atoms with Gasteiger partial charge in [-0.05, 0) is 50.6 Å². The van der Waals surface area contributed by atoms with Crippen LogP contribution in [0.25, 0.3) is 0 Å². The molecule has 0 fully saturated rings. The molecule has 0 aromatic rings. The molecule has 1 nitrogen and oxygen atoms in total. The first-order valence-electron chi connectivity index (χ1n) is 6.07. The number of hydrogen-bond acceptors (Lipinski definition) is 1. The third-order valence-corrected chi connectivity index (χ3v) is 2.51. The molecule has 0 aliphatic carbocycles. The standard InChI is InChI=1S/C13H28N/c1-12(2)8-6-10-14(5)11-7-9-13(3)4/h12-13H,5-11H2,1-4H3. The highest BCUT2D eigenvalue weighted by Gasteiger charge is 2.00. The number of rotatable bonds is 8. The summed E-state index contributed by atoms with van der Waals surface area (Å²) in [6.07, 6.45) is 5.25. The molecule has 0 aliphatic rings. The molecule has 0 saturated carbocycles. The van der Waals surface area contributed by atoms with E-state index in [1.54, 1.807) is 0 Å². The fourth-order valence-electron chi connectivity index (χ4n) is 1.56. The SMILES string of the molecule is [CH2]N(CCCC(C)C)CCCC(C)C. The second-order valence-electron chi connectivity index (χ2n) is 5.19. The van der Waals surface area contributed by atoms with Gasteiger partial charge >= 0.3 is 0 Å². The van der Waals surface area contributed by atoms with Gasteiger partial charge in [-0.1, -0.05) is 27.7 Å². The first-order valence-corrected chi connectivity index (χ1v) is 6.07. The summed E-state index contributed by atoms with van der Waals surface area (Å²) in [6.45, 7) is 11.5. The second-order valence-corrected chi connectivity index (χ2v) is 5.19. The fraction of sp³-hybridized carbons (Fsp3) is 0.923. The second kappa shape index (κ2) is 8.28. The van der Waals surface area contributed by atoms with Crippen LogP contribution in [0, 0.1) is 18.9 Å². The lowest BCUT2D eigenvalue weighted by Gasteiger charge is -2.17. The van der Waals surface area contributed by atoms with Gasteiger partial charge in [0.05, 0.1) is 0 Å². The van der Waals surface area contributed by atoms with Crippen LogP contribution in [0.5, 0.6) is 0 Å². The van der Waals surface area contributed by atoms with Crippen LogP contribution in [0.15, 0.2) is 0 Å². The van der Waals surface area contributed by atoms with Gasteiger partial charge in [-0.15, -0.1) is 0 Å². The Hall–Kier alpha value is -0.0400. The summed E-state index contributed by atoms with van der Waals surface area (Å²) in [7, 11) is 4.07. The number of hydrogen-bond donors (Lipinski definition) is 0. The normalized spacial score (nSPS) is 12.0. The Morgan fingerprint density at radius 2 is 1.21 bits per heavy atom.